The number of thiazole rings is 2. The molecule has 17 heterocycles. The number of hydrogen-bond donors (Lipinski definition) is 10. The molecule has 5 saturated heterocycles. The first-order valence-corrected chi connectivity index (χ1v) is 53.7. The first-order valence-electron chi connectivity index (χ1n) is 48.2. The summed E-state index contributed by atoms with van der Waals surface area (Å²) in [5.74, 6) is 0.424. The maximum atomic E-state index is 12.9. The Labute approximate surface area is 871 Å². The molecule has 0 radical (unpaired) electrons. The number of piperazine rings is 5. The van der Waals surface area contributed by atoms with Crippen LogP contribution >= 0.6 is 22.7 Å². The molecular weight excluding hydrogens is 1980 g/mol. The average molecular weight is 2090 g/mol. The highest BCUT2D eigenvalue weighted by Gasteiger charge is 2.27. The van der Waals surface area contributed by atoms with Crippen LogP contribution in [0.1, 0.15) is 58.0 Å². The van der Waals surface area contributed by atoms with Gasteiger partial charge in [-0.05, 0) is 134 Å². The number of benzene rings is 5. The predicted octanol–water partition coefficient (Wildman–Crippen LogP) is 11.3. The minimum atomic E-state index is -3.37. The van der Waals surface area contributed by atoms with Gasteiger partial charge in [-0.3, -0.25) is 48.9 Å². The number of amides is 5. The number of nitrogens with zero attached hydrogens (tertiary/aromatic N) is 22. The lowest BCUT2D eigenvalue weighted by molar-refractivity contribution is 0.101. The van der Waals surface area contributed by atoms with Crippen LogP contribution in [-0.4, -0.2) is 275 Å². The van der Waals surface area contributed by atoms with Gasteiger partial charge in [0.1, 0.15) is 28.5 Å². The predicted molar refractivity (Wildman–Crippen MR) is 581 cm³/mol. The van der Waals surface area contributed by atoms with Gasteiger partial charge in [0.25, 0.3) is 29.5 Å². The number of nitrogens with one attached hydrogen (secondary N) is 10. The van der Waals surface area contributed by atoms with Gasteiger partial charge in [0.15, 0.2) is 53.8 Å². The third kappa shape index (κ3) is 26.7. The number of aromatic nitrogens is 17. The summed E-state index contributed by atoms with van der Waals surface area (Å²) in [7, 11) is -6.66. The summed E-state index contributed by atoms with van der Waals surface area (Å²) in [6.07, 6.45) is 27.0. The van der Waals surface area contributed by atoms with Gasteiger partial charge in [-0.1, -0.05) is 54.1 Å². The lowest BCUT2D eigenvalue weighted by Gasteiger charge is -2.30. The second kappa shape index (κ2) is 49.1. The van der Waals surface area contributed by atoms with Crippen molar-refractivity contribution in [2.75, 3.05) is 194 Å². The fourth-order valence-electron chi connectivity index (χ4n) is 16.7. The topological polar surface area (TPSA) is 509 Å². The lowest BCUT2D eigenvalue weighted by Crippen LogP contribution is -2.43. The van der Waals surface area contributed by atoms with Crippen LogP contribution in [0.4, 0.5) is 56.9 Å². The number of hydrogen-bond acceptors (Lipinski definition) is 38. The maximum absolute atomic E-state index is 12.9. The number of anilines is 10. The molecule has 10 N–H and O–H groups in total. The van der Waals surface area contributed by atoms with Gasteiger partial charge in [0, 0.05) is 228 Å². The number of sulfone groups is 2. The van der Waals surface area contributed by atoms with Gasteiger partial charge >= 0.3 is 0 Å². The second-order valence-electron chi connectivity index (χ2n) is 34.7. The van der Waals surface area contributed by atoms with E-state index in [1.54, 1.807) is 134 Å². The lowest BCUT2D eigenvalue weighted by atomic mass is 10.1. The summed E-state index contributed by atoms with van der Waals surface area (Å²) >= 11 is 3.09. The Balaban J connectivity index is 0.000000122. The molecule has 150 heavy (non-hydrogen) atoms. The molecule has 41 nitrogen and oxygen atoms in total. The number of para-hydroxylation sites is 1. The fourth-order valence-corrected chi connectivity index (χ4v) is 19.6. The summed E-state index contributed by atoms with van der Waals surface area (Å²) in [5.41, 5.74) is 16.8. The van der Waals surface area contributed by atoms with E-state index < -0.39 is 25.6 Å². The van der Waals surface area contributed by atoms with E-state index >= 15 is 0 Å². The van der Waals surface area contributed by atoms with Crippen LogP contribution < -0.4 is 77.7 Å². The molecule has 22 rings (SSSR count). The van der Waals surface area contributed by atoms with E-state index in [9.17, 15) is 40.8 Å². The molecule has 45 heteroatoms. The van der Waals surface area contributed by atoms with E-state index in [-0.39, 0.29) is 56.3 Å². The van der Waals surface area contributed by atoms with Crippen LogP contribution in [0.5, 0.6) is 0 Å². The van der Waals surface area contributed by atoms with Crippen LogP contribution in [0.3, 0.4) is 0 Å². The number of aryl methyl sites for hydroxylation is 1. The first kappa shape index (κ1) is 103. The molecule has 0 atom stereocenters. The number of pyridine rings is 5. The van der Waals surface area contributed by atoms with Gasteiger partial charge in [0.2, 0.25) is 0 Å². The molecule has 17 aromatic rings. The normalized spacial score (nSPS) is 14.1. The number of rotatable bonds is 22. The Bertz CT molecular complexity index is 7760. The number of carbonyl (C=O) groups excluding carboxylic acids is 5. The van der Waals surface area contributed by atoms with Gasteiger partial charge in [0.05, 0.1) is 124 Å². The van der Waals surface area contributed by atoms with Crippen molar-refractivity contribution in [3.63, 3.8) is 0 Å². The maximum Gasteiger partial charge on any atom is 0.274 e. The van der Waals surface area contributed by atoms with E-state index in [0.717, 1.165) is 209 Å². The Morgan fingerprint density at radius 3 is 0.953 bits per heavy atom. The Morgan fingerprint density at radius 2 is 0.607 bits per heavy atom. The molecule has 0 unspecified atom stereocenters. The van der Waals surface area contributed by atoms with Crippen molar-refractivity contribution in [1.29, 1.82) is 0 Å². The van der Waals surface area contributed by atoms with Crippen LogP contribution in [0, 0.1) is 6.92 Å². The van der Waals surface area contributed by atoms with Gasteiger partial charge < -0.3 is 77.7 Å². The number of carbonyl (C=O) groups is 5. The third-order valence-electron chi connectivity index (χ3n) is 24.4. The highest BCUT2D eigenvalue weighted by atomic mass is 32.2. The highest BCUT2D eigenvalue weighted by molar-refractivity contribution is 7.91. The Hall–Kier alpha value is -16.9. The summed E-state index contributed by atoms with van der Waals surface area (Å²) in [6, 6.07) is 51.7. The second-order valence-corrected chi connectivity index (χ2v) is 40.7. The number of fused-ring (bicyclic) bond motifs is 2. The van der Waals surface area contributed by atoms with E-state index in [4.69, 9.17) is 0 Å². The highest BCUT2D eigenvalue weighted by Crippen LogP contribution is 2.35. The van der Waals surface area contributed by atoms with Crippen molar-refractivity contribution < 1.29 is 40.8 Å². The van der Waals surface area contributed by atoms with Crippen LogP contribution in [-0.2, 0) is 19.7 Å². The molecule has 0 aliphatic carbocycles. The molecule has 5 aromatic carbocycles. The van der Waals surface area contributed by atoms with Crippen molar-refractivity contribution in [2.45, 2.75) is 16.7 Å². The first-order chi connectivity index (χ1) is 73.1. The molecule has 12 aromatic heterocycles. The van der Waals surface area contributed by atoms with E-state index in [2.05, 4.69) is 162 Å². The van der Waals surface area contributed by atoms with Gasteiger partial charge in [-0.2, -0.15) is 0 Å². The SMILES string of the molecule is CS(=O)(=O)c1ccc(-c2nccc(C(=O)Nc3cnccc3N3CCNCC3)n2)cc1.CS(=O)(=O)c1cccc(-c2nccc(C(=O)Nc3cnccc3N3CCNCC3)n2)c1.Cc1ccc(-c2nccc(C(=O)Nc3cnccc3N3CCNCC3)n2)cc1.O=C(Nc1cnccc1N1CCNCC1)c1ccnc(-c2ccc3scnc3c2)n1.O=C(Nc1cnccc1N1CCNCC1)c1ccnc(-c2nc3ccccc3s2)n1. The fraction of sp³-hybridized carbons (Fsp3) is 0.219. The summed E-state index contributed by atoms with van der Waals surface area (Å²) < 4.78 is 49.1. The van der Waals surface area contributed by atoms with Crippen molar-refractivity contribution in [1.82, 2.24) is 111 Å². The molecule has 0 bridgehead atoms. The van der Waals surface area contributed by atoms with Crippen LogP contribution in [0.25, 0.3) is 76.8 Å². The van der Waals surface area contributed by atoms with Gasteiger partial charge in [-0.25, -0.2) is 76.6 Å². The minimum Gasteiger partial charge on any atom is -0.367 e. The van der Waals surface area contributed by atoms with E-state index in [1.165, 1.54) is 60.1 Å². The molecule has 5 aliphatic rings. The summed E-state index contributed by atoms with van der Waals surface area (Å²) in [4.78, 5) is 149. The Morgan fingerprint density at radius 1 is 0.293 bits per heavy atom. The monoisotopic (exact) mass is 2080 g/mol. The minimum absolute atomic E-state index is 0.166. The zero-order valence-corrected chi connectivity index (χ0v) is 85.0. The van der Waals surface area contributed by atoms with E-state index in [1.807, 2.05) is 109 Å². The van der Waals surface area contributed by atoms with Gasteiger partial charge in [-0.15, -0.1) is 22.7 Å². The zero-order valence-electron chi connectivity index (χ0n) is 81.8. The quantitative estimate of drug-likeness (QED) is 0.0301. The molecule has 5 fully saturated rings. The van der Waals surface area contributed by atoms with Crippen LogP contribution in [0.15, 0.2) is 284 Å². The van der Waals surface area contributed by atoms with E-state index in [0.29, 0.717) is 79.3 Å². The smallest absolute Gasteiger partial charge is 0.274 e. The molecule has 762 valence electrons. The van der Waals surface area contributed by atoms with Crippen LogP contribution in [0.2, 0.25) is 0 Å². The van der Waals surface area contributed by atoms with Crippen molar-refractivity contribution in [2.24, 2.45) is 0 Å². The molecule has 0 saturated carbocycles. The van der Waals surface area contributed by atoms with Crippen molar-refractivity contribution >= 4 is 149 Å². The molecule has 5 amide bonds. The van der Waals surface area contributed by atoms with Crippen molar-refractivity contribution in [3.05, 3.63) is 308 Å². The molecule has 5 aliphatic heterocycles. The zero-order chi connectivity index (χ0) is 104. The molecular formula is C105H104N32O9S4. The summed E-state index contributed by atoms with van der Waals surface area (Å²) in [5, 5.41) is 32.0. The molecule has 0 spiro atoms. The van der Waals surface area contributed by atoms with Crippen molar-refractivity contribution in [3.8, 4) is 56.4 Å². The largest absolute Gasteiger partial charge is 0.367 e. The summed E-state index contributed by atoms with van der Waals surface area (Å²) in [6.45, 7) is 19.6. The average Bonchev–Trinajstić information content (AvgIpc) is 1.06. The standard InChI is InChI=1S/2C21H19N7OS.2C21H22N6O3S.C21H22N6O/c29-21(27-17-12-23-5-4-18(17)28-9-7-22-8-10-28)15-3-6-24-20(26-15)14-1-2-19-16(11-14)25-13-30-19;29-20(26-16-13-23-7-6-17(16)28-11-9-22-10-12-28)15-5-8-24-19(25-15)21-27-14-3-1-2-4-18(14)30-21;1-31(29,30)16-4-2-15(3-5-16)20-24-9-6-17(25-20)21(28)26-18-14-23-8-7-19(18)27-12-10-22-11-13-27;1-31(29,30)16-4-2-3-15(13-16)20-24-8-5-17(25-20)21(28)26-18-14-23-7-6-19(18)27-11-9-22-10-12-27;1-15-2-4-16(5-3-15)20-24-9-6-17(25-20)21(28)26-18-14-23-8-7-19(18)27-12-10-22-11-13-27/h1-6,11-13,22H,7-10H2,(H,27,29);1-8,13,22H,9-12H2,(H,26,29);2-9,14,22H,10-13H2,1H3,(H,26,28);2-8,13-14,22H,9-12H2,1H3,(H,26,28);2-9,14,22H,10-13H2,1H3,(H,26,28). The third-order valence-corrected chi connectivity index (χ3v) is 28.5. The Kier molecular flexibility index (Phi) is 33.7.